The van der Waals surface area contributed by atoms with Gasteiger partial charge in [-0.3, -0.25) is 0 Å². The van der Waals surface area contributed by atoms with Crippen molar-refractivity contribution in [3.05, 3.63) is 36.2 Å². The van der Waals surface area contributed by atoms with Gasteiger partial charge in [0.2, 0.25) is 0 Å². The molecule has 2 rings (SSSR count). The standard InChI is InChI=1S/C10H11N3OS2/c11-8-3-1-7(2-4-8)9(14)5-15-10-12-6-13-16-10/h1-4,6,9,14H,5,11H2. The molecule has 0 fully saturated rings. The second-order valence-corrected chi connectivity index (χ2v) is 5.25. The van der Waals surface area contributed by atoms with E-state index in [-0.39, 0.29) is 0 Å². The van der Waals surface area contributed by atoms with Gasteiger partial charge in [0.25, 0.3) is 0 Å². The van der Waals surface area contributed by atoms with Crippen LogP contribution in [0, 0.1) is 0 Å². The van der Waals surface area contributed by atoms with E-state index in [2.05, 4.69) is 9.36 Å². The topological polar surface area (TPSA) is 72.0 Å². The lowest BCUT2D eigenvalue weighted by atomic mass is 10.1. The van der Waals surface area contributed by atoms with E-state index in [0.29, 0.717) is 11.4 Å². The number of benzene rings is 1. The van der Waals surface area contributed by atoms with Gasteiger partial charge in [0.05, 0.1) is 6.10 Å². The van der Waals surface area contributed by atoms with Crippen molar-refractivity contribution in [2.75, 3.05) is 11.5 Å². The van der Waals surface area contributed by atoms with Crippen molar-refractivity contribution < 1.29 is 5.11 Å². The number of hydrogen-bond acceptors (Lipinski definition) is 6. The van der Waals surface area contributed by atoms with E-state index in [0.717, 1.165) is 9.90 Å². The molecule has 1 aromatic carbocycles. The third kappa shape index (κ3) is 2.94. The van der Waals surface area contributed by atoms with Crippen LogP contribution in [-0.2, 0) is 0 Å². The Bertz CT molecular complexity index is 430. The van der Waals surface area contributed by atoms with Gasteiger partial charge < -0.3 is 10.8 Å². The van der Waals surface area contributed by atoms with Crippen LogP contribution in [0.5, 0.6) is 0 Å². The quantitative estimate of drug-likeness (QED) is 0.643. The molecule has 0 aliphatic rings. The first-order valence-electron chi connectivity index (χ1n) is 4.68. The van der Waals surface area contributed by atoms with E-state index >= 15 is 0 Å². The SMILES string of the molecule is Nc1ccc(C(O)CSc2ncns2)cc1. The molecule has 84 valence electrons. The number of nitrogen functional groups attached to an aromatic ring is 1. The van der Waals surface area contributed by atoms with Crippen LogP contribution in [0.4, 0.5) is 5.69 Å². The van der Waals surface area contributed by atoms with Crippen molar-refractivity contribution >= 4 is 29.0 Å². The van der Waals surface area contributed by atoms with E-state index in [1.54, 1.807) is 12.1 Å². The Kier molecular flexibility index (Phi) is 3.76. The first-order valence-corrected chi connectivity index (χ1v) is 6.44. The summed E-state index contributed by atoms with van der Waals surface area (Å²) in [6.07, 6.45) is 1.01. The molecule has 0 aliphatic carbocycles. The van der Waals surface area contributed by atoms with Gasteiger partial charge in [-0.05, 0) is 29.2 Å². The molecule has 1 atom stereocenters. The third-order valence-corrected chi connectivity index (χ3v) is 3.90. The van der Waals surface area contributed by atoms with Crippen molar-refractivity contribution in [1.29, 1.82) is 0 Å². The monoisotopic (exact) mass is 253 g/mol. The van der Waals surface area contributed by atoms with Gasteiger partial charge in [0, 0.05) is 11.4 Å². The van der Waals surface area contributed by atoms with Gasteiger partial charge in [-0.15, -0.1) is 0 Å². The number of anilines is 1. The third-order valence-electron chi connectivity index (χ3n) is 2.03. The molecule has 1 aromatic heterocycles. The van der Waals surface area contributed by atoms with Gasteiger partial charge >= 0.3 is 0 Å². The minimum atomic E-state index is -0.505. The lowest BCUT2D eigenvalue weighted by Gasteiger charge is -2.09. The highest BCUT2D eigenvalue weighted by atomic mass is 32.2. The number of nitrogens with zero attached hydrogens (tertiary/aromatic N) is 2. The Balaban J connectivity index is 1.93. The molecule has 6 heteroatoms. The predicted molar refractivity (Wildman–Crippen MR) is 66.4 cm³/mol. The zero-order valence-corrected chi connectivity index (χ0v) is 10.0. The average Bonchev–Trinajstić information content (AvgIpc) is 2.80. The number of nitrogens with two attached hydrogens (primary N) is 1. The summed E-state index contributed by atoms with van der Waals surface area (Å²) >= 11 is 2.83. The fourth-order valence-electron chi connectivity index (χ4n) is 1.19. The Labute approximate surface area is 102 Å². The minimum absolute atomic E-state index is 0.505. The van der Waals surface area contributed by atoms with Crippen molar-refractivity contribution in [2.24, 2.45) is 0 Å². The molecular formula is C10H11N3OS2. The predicted octanol–water partition coefficient (Wildman–Crippen LogP) is 1.95. The van der Waals surface area contributed by atoms with Crippen LogP contribution in [0.25, 0.3) is 0 Å². The number of aromatic nitrogens is 2. The Morgan fingerprint density at radius 2 is 2.12 bits per heavy atom. The van der Waals surface area contributed by atoms with Crippen LogP contribution >= 0.6 is 23.3 Å². The maximum absolute atomic E-state index is 9.91. The average molecular weight is 253 g/mol. The number of aliphatic hydroxyl groups excluding tert-OH is 1. The molecule has 0 radical (unpaired) electrons. The fraction of sp³-hybridized carbons (Fsp3) is 0.200. The molecule has 4 nitrogen and oxygen atoms in total. The van der Waals surface area contributed by atoms with Crippen LogP contribution < -0.4 is 5.73 Å². The largest absolute Gasteiger partial charge is 0.399 e. The molecule has 2 aromatic rings. The maximum atomic E-state index is 9.91. The second kappa shape index (κ2) is 5.29. The maximum Gasteiger partial charge on any atom is 0.169 e. The highest BCUT2D eigenvalue weighted by molar-refractivity contribution is 8.00. The molecule has 0 aliphatic heterocycles. The van der Waals surface area contributed by atoms with E-state index in [9.17, 15) is 5.11 Å². The summed E-state index contributed by atoms with van der Waals surface area (Å²) in [6, 6.07) is 7.24. The lowest BCUT2D eigenvalue weighted by molar-refractivity contribution is 0.204. The van der Waals surface area contributed by atoms with Crippen LogP contribution in [0.1, 0.15) is 11.7 Å². The van der Waals surface area contributed by atoms with E-state index in [4.69, 9.17) is 5.73 Å². The summed E-state index contributed by atoms with van der Waals surface area (Å²) < 4.78 is 4.77. The van der Waals surface area contributed by atoms with E-state index in [1.807, 2.05) is 12.1 Å². The zero-order chi connectivity index (χ0) is 11.4. The second-order valence-electron chi connectivity index (χ2n) is 3.20. The first kappa shape index (κ1) is 11.4. The Hall–Kier alpha value is -1.11. The number of thioether (sulfide) groups is 1. The normalized spacial score (nSPS) is 12.6. The van der Waals surface area contributed by atoms with Crippen molar-refractivity contribution in [1.82, 2.24) is 9.36 Å². The van der Waals surface area contributed by atoms with E-state index < -0.39 is 6.10 Å². The molecule has 3 N–H and O–H groups in total. The molecule has 0 bridgehead atoms. The number of rotatable bonds is 4. The van der Waals surface area contributed by atoms with Crippen LogP contribution in [-0.4, -0.2) is 20.2 Å². The molecule has 1 heterocycles. The lowest BCUT2D eigenvalue weighted by Crippen LogP contribution is -2.00. The Morgan fingerprint density at radius 3 is 2.75 bits per heavy atom. The molecule has 0 amide bonds. The van der Waals surface area contributed by atoms with Gasteiger partial charge in [-0.1, -0.05) is 23.9 Å². The van der Waals surface area contributed by atoms with E-state index in [1.165, 1.54) is 29.6 Å². The molecule has 0 saturated carbocycles. The fourth-order valence-corrected chi connectivity index (χ4v) is 2.63. The molecule has 1 unspecified atom stereocenters. The van der Waals surface area contributed by atoms with Gasteiger partial charge in [0.15, 0.2) is 4.34 Å². The van der Waals surface area contributed by atoms with Gasteiger partial charge in [0.1, 0.15) is 6.33 Å². The minimum Gasteiger partial charge on any atom is -0.399 e. The summed E-state index contributed by atoms with van der Waals surface area (Å²) in [4.78, 5) is 4.04. The molecule has 0 saturated heterocycles. The van der Waals surface area contributed by atoms with Crippen LogP contribution in [0.3, 0.4) is 0 Å². The number of hydrogen-bond donors (Lipinski definition) is 2. The highest BCUT2D eigenvalue weighted by Crippen LogP contribution is 2.25. The first-order chi connectivity index (χ1) is 7.75. The molecule has 0 spiro atoms. The summed E-state index contributed by atoms with van der Waals surface area (Å²) in [5.74, 6) is 0.569. The molecular weight excluding hydrogens is 242 g/mol. The Morgan fingerprint density at radius 1 is 1.38 bits per heavy atom. The van der Waals surface area contributed by atoms with Crippen molar-refractivity contribution in [3.8, 4) is 0 Å². The van der Waals surface area contributed by atoms with Crippen LogP contribution in [0.15, 0.2) is 34.9 Å². The van der Waals surface area contributed by atoms with Crippen LogP contribution in [0.2, 0.25) is 0 Å². The summed E-state index contributed by atoms with van der Waals surface area (Å²) in [6.45, 7) is 0. The van der Waals surface area contributed by atoms with Gasteiger partial charge in [-0.25, -0.2) is 4.98 Å². The number of aliphatic hydroxyl groups is 1. The summed E-state index contributed by atoms with van der Waals surface area (Å²) in [5, 5.41) is 9.91. The molecule has 16 heavy (non-hydrogen) atoms. The van der Waals surface area contributed by atoms with Gasteiger partial charge in [-0.2, -0.15) is 4.37 Å². The van der Waals surface area contributed by atoms with Crippen molar-refractivity contribution in [3.63, 3.8) is 0 Å². The summed E-state index contributed by atoms with van der Waals surface area (Å²) in [7, 11) is 0. The summed E-state index contributed by atoms with van der Waals surface area (Å²) in [5.41, 5.74) is 7.14. The zero-order valence-electron chi connectivity index (χ0n) is 8.41. The smallest absolute Gasteiger partial charge is 0.169 e. The highest BCUT2D eigenvalue weighted by Gasteiger charge is 2.09. The van der Waals surface area contributed by atoms with Crippen molar-refractivity contribution in [2.45, 2.75) is 10.4 Å².